The molecule has 192 valence electrons. The first-order chi connectivity index (χ1) is 17.7. The quantitative estimate of drug-likeness (QED) is 0.200. The third-order valence-corrected chi connectivity index (χ3v) is 5.65. The molecule has 0 bridgehead atoms. The van der Waals surface area contributed by atoms with Crippen LogP contribution >= 0.6 is 15.9 Å². The van der Waals surface area contributed by atoms with Crippen LogP contribution in [0.2, 0.25) is 0 Å². The van der Waals surface area contributed by atoms with Crippen molar-refractivity contribution in [3.05, 3.63) is 93.7 Å². The highest BCUT2D eigenvalue weighted by Gasteiger charge is 2.13. The SMILES string of the molecule is CC(C)c1ccc(CNC(=O)C(=O)N/N=C\c2ccccc2OCC(=O)Nc2ccc(Br)cc2F)cc1. The van der Waals surface area contributed by atoms with E-state index in [1.807, 2.05) is 24.3 Å². The van der Waals surface area contributed by atoms with Gasteiger partial charge in [0.1, 0.15) is 11.6 Å². The van der Waals surface area contributed by atoms with Crippen molar-refractivity contribution in [2.24, 2.45) is 5.10 Å². The van der Waals surface area contributed by atoms with Crippen molar-refractivity contribution >= 4 is 45.6 Å². The van der Waals surface area contributed by atoms with E-state index in [9.17, 15) is 18.8 Å². The number of hydrogen-bond donors (Lipinski definition) is 3. The predicted molar refractivity (Wildman–Crippen MR) is 143 cm³/mol. The van der Waals surface area contributed by atoms with E-state index in [0.29, 0.717) is 21.7 Å². The zero-order valence-electron chi connectivity index (χ0n) is 20.3. The van der Waals surface area contributed by atoms with Crippen LogP contribution in [0.5, 0.6) is 5.75 Å². The normalized spacial score (nSPS) is 10.8. The van der Waals surface area contributed by atoms with E-state index in [-0.39, 0.29) is 18.8 Å². The van der Waals surface area contributed by atoms with Gasteiger partial charge in [-0.3, -0.25) is 14.4 Å². The van der Waals surface area contributed by atoms with Crippen LogP contribution in [0.25, 0.3) is 0 Å². The number of carbonyl (C=O) groups excluding carboxylic acids is 3. The second-order valence-corrected chi connectivity index (χ2v) is 9.19. The minimum absolute atomic E-state index is 0.0280. The Balaban J connectivity index is 1.49. The zero-order valence-corrected chi connectivity index (χ0v) is 21.8. The van der Waals surface area contributed by atoms with Crippen LogP contribution < -0.4 is 20.8 Å². The van der Waals surface area contributed by atoms with Crippen molar-refractivity contribution in [3.63, 3.8) is 0 Å². The Kier molecular flexibility index (Phi) is 9.91. The van der Waals surface area contributed by atoms with Crippen molar-refractivity contribution in [1.29, 1.82) is 0 Å². The molecule has 37 heavy (non-hydrogen) atoms. The fraction of sp³-hybridized carbons (Fsp3) is 0.185. The monoisotopic (exact) mass is 568 g/mol. The third-order valence-electron chi connectivity index (χ3n) is 5.16. The lowest BCUT2D eigenvalue weighted by Crippen LogP contribution is -2.37. The standard InChI is InChI=1S/C27H26BrFN4O4/c1-17(2)19-9-7-18(8-10-19)14-30-26(35)27(36)33-31-15-20-5-3-4-6-24(20)37-16-25(34)32-23-12-11-21(28)13-22(23)29/h3-13,15,17H,14,16H2,1-2H3,(H,30,35)(H,32,34)(H,33,36)/b31-15-. The predicted octanol–water partition coefficient (Wildman–Crippen LogP) is 4.50. The van der Waals surface area contributed by atoms with Crippen LogP contribution in [0.4, 0.5) is 10.1 Å². The van der Waals surface area contributed by atoms with Gasteiger partial charge in [0.05, 0.1) is 11.9 Å². The second-order valence-electron chi connectivity index (χ2n) is 8.28. The number of hydrogen-bond acceptors (Lipinski definition) is 5. The van der Waals surface area contributed by atoms with Crippen LogP contribution in [0.15, 0.2) is 76.3 Å². The summed E-state index contributed by atoms with van der Waals surface area (Å²) in [6.07, 6.45) is 1.29. The summed E-state index contributed by atoms with van der Waals surface area (Å²) in [6, 6.07) is 18.7. The van der Waals surface area contributed by atoms with Crippen LogP contribution in [-0.2, 0) is 20.9 Å². The smallest absolute Gasteiger partial charge is 0.329 e. The Bertz CT molecular complexity index is 1300. The van der Waals surface area contributed by atoms with Crippen LogP contribution in [-0.4, -0.2) is 30.5 Å². The van der Waals surface area contributed by atoms with Crippen LogP contribution in [0, 0.1) is 5.82 Å². The maximum atomic E-state index is 13.9. The molecule has 3 aromatic carbocycles. The van der Waals surface area contributed by atoms with E-state index in [1.165, 1.54) is 23.9 Å². The van der Waals surface area contributed by atoms with Crippen molar-refractivity contribution in [1.82, 2.24) is 10.7 Å². The summed E-state index contributed by atoms with van der Waals surface area (Å²) in [7, 11) is 0. The topological polar surface area (TPSA) is 109 Å². The summed E-state index contributed by atoms with van der Waals surface area (Å²) >= 11 is 3.15. The summed E-state index contributed by atoms with van der Waals surface area (Å²) in [4.78, 5) is 36.3. The molecule has 0 atom stereocenters. The molecule has 3 amide bonds. The van der Waals surface area contributed by atoms with Gasteiger partial charge in [0, 0.05) is 16.6 Å². The van der Waals surface area contributed by atoms with E-state index < -0.39 is 23.5 Å². The molecule has 3 aromatic rings. The average molecular weight is 569 g/mol. The molecule has 0 radical (unpaired) electrons. The van der Waals surface area contributed by atoms with Crippen molar-refractivity contribution in [2.75, 3.05) is 11.9 Å². The van der Waals surface area contributed by atoms with Crippen LogP contribution in [0.3, 0.4) is 0 Å². The minimum Gasteiger partial charge on any atom is -0.483 e. The molecule has 0 saturated heterocycles. The zero-order chi connectivity index (χ0) is 26.8. The number of para-hydroxylation sites is 1. The molecule has 10 heteroatoms. The number of rotatable bonds is 9. The van der Waals surface area contributed by atoms with E-state index >= 15 is 0 Å². The fourth-order valence-corrected chi connectivity index (χ4v) is 3.47. The number of nitrogens with zero attached hydrogens (tertiary/aromatic N) is 1. The molecule has 0 aromatic heterocycles. The van der Waals surface area contributed by atoms with E-state index in [4.69, 9.17) is 4.74 Å². The lowest BCUT2D eigenvalue weighted by Gasteiger charge is -2.10. The number of nitrogens with one attached hydrogen (secondary N) is 3. The first-order valence-electron chi connectivity index (χ1n) is 11.4. The largest absolute Gasteiger partial charge is 0.483 e. The molecular weight excluding hydrogens is 543 g/mol. The summed E-state index contributed by atoms with van der Waals surface area (Å²) in [6.45, 7) is 4.01. The Hall–Kier alpha value is -4.05. The molecule has 3 N–H and O–H groups in total. The summed E-state index contributed by atoms with van der Waals surface area (Å²) < 4.78 is 20.0. The molecule has 3 rings (SSSR count). The fourth-order valence-electron chi connectivity index (χ4n) is 3.13. The summed E-state index contributed by atoms with van der Waals surface area (Å²) in [5.74, 6) is -2.19. The molecule has 0 spiro atoms. The van der Waals surface area contributed by atoms with Gasteiger partial charge in [-0.2, -0.15) is 5.10 Å². The van der Waals surface area contributed by atoms with Gasteiger partial charge in [0.2, 0.25) is 0 Å². The number of halogens is 2. The molecule has 0 heterocycles. The third kappa shape index (κ3) is 8.53. The van der Waals surface area contributed by atoms with Gasteiger partial charge >= 0.3 is 11.8 Å². The number of hydrazone groups is 1. The first-order valence-corrected chi connectivity index (χ1v) is 12.2. The summed E-state index contributed by atoms with van der Waals surface area (Å²) in [5, 5.41) is 8.78. The van der Waals surface area contributed by atoms with Crippen molar-refractivity contribution in [2.45, 2.75) is 26.3 Å². The first kappa shape index (κ1) is 27.5. The Morgan fingerprint density at radius 3 is 2.46 bits per heavy atom. The minimum atomic E-state index is -0.927. The molecule has 0 saturated carbocycles. The molecular formula is C27H26BrFN4O4. The van der Waals surface area contributed by atoms with Gasteiger partial charge in [0.15, 0.2) is 6.61 Å². The van der Waals surface area contributed by atoms with E-state index in [1.54, 1.807) is 30.3 Å². The molecule has 8 nitrogen and oxygen atoms in total. The molecule has 0 fully saturated rings. The lowest BCUT2D eigenvalue weighted by molar-refractivity contribution is -0.139. The highest BCUT2D eigenvalue weighted by molar-refractivity contribution is 9.10. The lowest BCUT2D eigenvalue weighted by atomic mass is 10.0. The Morgan fingerprint density at radius 2 is 1.76 bits per heavy atom. The number of ether oxygens (including phenoxy) is 1. The van der Waals surface area contributed by atoms with Crippen molar-refractivity contribution in [3.8, 4) is 5.75 Å². The van der Waals surface area contributed by atoms with E-state index in [0.717, 1.165) is 5.56 Å². The maximum Gasteiger partial charge on any atom is 0.329 e. The Morgan fingerprint density at radius 1 is 1.03 bits per heavy atom. The second kappa shape index (κ2) is 13.3. The van der Waals surface area contributed by atoms with Gasteiger partial charge in [0.25, 0.3) is 5.91 Å². The molecule has 0 unspecified atom stereocenters. The number of carbonyl (C=O) groups is 3. The average Bonchev–Trinajstić information content (AvgIpc) is 2.88. The van der Waals surface area contributed by atoms with Crippen molar-refractivity contribution < 1.29 is 23.5 Å². The highest BCUT2D eigenvalue weighted by atomic mass is 79.9. The van der Waals surface area contributed by atoms with Gasteiger partial charge in [-0.15, -0.1) is 0 Å². The molecule has 0 aliphatic carbocycles. The van der Waals surface area contributed by atoms with Gasteiger partial charge in [-0.05, 0) is 47.4 Å². The number of anilines is 1. The van der Waals surface area contributed by atoms with Crippen LogP contribution in [0.1, 0.15) is 36.5 Å². The van der Waals surface area contributed by atoms with E-state index in [2.05, 4.69) is 50.9 Å². The molecule has 0 aliphatic heterocycles. The maximum absolute atomic E-state index is 13.9. The number of benzene rings is 3. The Labute approximate surface area is 222 Å². The van der Waals surface area contributed by atoms with Gasteiger partial charge in [-0.1, -0.05) is 66.2 Å². The summed E-state index contributed by atoms with van der Waals surface area (Å²) in [5.41, 5.74) is 4.70. The molecule has 0 aliphatic rings. The highest BCUT2D eigenvalue weighted by Crippen LogP contribution is 2.20. The number of amides is 3. The van der Waals surface area contributed by atoms with Gasteiger partial charge in [-0.25, -0.2) is 9.82 Å². The van der Waals surface area contributed by atoms with Gasteiger partial charge < -0.3 is 15.4 Å².